The lowest BCUT2D eigenvalue weighted by Crippen LogP contribution is -3.00. The summed E-state index contributed by atoms with van der Waals surface area (Å²) in [5.74, 6) is 1.55. The molecule has 0 aromatic heterocycles. The summed E-state index contributed by atoms with van der Waals surface area (Å²) in [6.45, 7) is 9.22. The van der Waals surface area contributed by atoms with Crippen LogP contribution in [0.2, 0.25) is 0 Å². The van der Waals surface area contributed by atoms with Crippen molar-refractivity contribution in [1.82, 2.24) is 10.2 Å². The normalized spacial score (nSPS) is 13.9. The Balaban J connectivity index is 0.00000210. The quantitative estimate of drug-likeness (QED) is 0.421. The molecule has 3 rings (SSSR count). The highest BCUT2D eigenvalue weighted by Gasteiger charge is 2.10. The molecule has 0 amide bonds. The number of ether oxygens (including phenoxy) is 3. The molecule has 0 atom stereocenters. The molecular weight excluding hydrogens is 411 g/mol. The van der Waals surface area contributed by atoms with E-state index < -0.39 is 0 Å². The van der Waals surface area contributed by atoms with Gasteiger partial charge in [0.15, 0.2) is 11.5 Å². The summed E-state index contributed by atoms with van der Waals surface area (Å²) in [5, 5.41) is 3.50. The van der Waals surface area contributed by atoms with Gasteiger partial charge in [0.1, 0.15) is 6.61 Å². The summed E-state index contributed by atoms with van der Waals surface area (Å²) in [4.78, 5) is 2.43. The smallest absolute Gasteiger partial charge is 0.161 e. The van der Waals surface area contributed by atoms with E-state index in [1.165, 1.54) is 11.1 Å². The van der Waals surface area contributed by atoms with Gasteiger partial charge in [0, 0.05) is 32.7 Å². The number of nitrogens with zero attached hydrogens (tertiary/aromatic N) is 1. The van der Waals surface area contributed by atoms with Gasteiger partial charge in [-0.25, -0.2) is 0 Å². The third-order valence-electron chi connectivity index (χ3n) is 4.74. The maximum absolute atomic E-state index is 5.97. The topological polar surface area (TPSA) is 43.0 Å². The van der Waals surface area contributed by atoms with Crippen molar-refractivity contribution in [3.05, 3.63) is 59.2 Å². The number of rotatable bonds is 9. The molecule has 2 aromatic rings. The van der Waals surface area contributed by atoms with Crippen molar-refractivity contribution in [2.45, 2.75) is 20.1 Å². The van der Waals surface area contributed by atoms with Crippen molar-refractivity contribution in [2.24, 2.45) is 0 Å². The minimum Gasteiger partial charge on any atom is -1.00 e. The van der Waals surface area contributed by atoms with Crippen molar-refractivity contribution >= 4 is 0 Å². The van der Waals surface area contributed by atoms with Crippen LogP contribution in [0.4, 0.5) is 0 Å². The molecular formula is C22H30Cl2N2O3-2. The van der Waals surface area contributed by atoms with E-state index in [0.717, 1.165) is 63.0 Å². The van der Waals surface area contributed by atoms with Crippen LogP contribution in [0.25, 0.3) is 0 Å². The Hall–Kier alpha value is -1.50. The van der Waals surface area contributed by atoms with Gasteiger partial charge in [-0.3, -0.25) is 4.90 Å². The number of hydrogen-bond acceptors (Lipinski definition) is 5. The second kappa shape index (κ2) is 13.7. The number of halogens is 2. The van der Waals surface area contributed by atoms with Crippen LogP contribution in [0.5, 0.6) is 11.5 Å². The SMILES string of the molecule is COc1cc(CNCCN2CCOCC2)ccc1OCc1cccc(C)c1.[Cl-].[Cl-]. The molecule has 1 aliphatic heterocycles. The van der Waals surface area contributed by atoms with E-state index >= 15 is 0 Å². The molecule has 1 N–H and O–H groups in total. The van der Waals surface area contributed by atoms with E-state index in [0.29, 0.717) is 6.61 Å². The van der Waals surface area contributed by atoms with Crippen LogP contribution < -0.4 is 39.6 Å². The van der Waals surface area contributed by atoms with E-state index in [2.05, 4.69) is 47.5 Å². The maximum atomic E-state index is 5.97. The van der Waals surface area contributed by atoms with Crippen LogP contribution in [0.3, 0.4) is 0 Å². The number of morpholine rings is 1. The second-order valence-electron chi connectivity index (χ2n) is 6.89. The van der Waals surface area contributed by atoms with Crippen molar-refractivity contribution in [3.63, 3.8) is 0 Å². The van der Waals surface area contributed by atoms with Gasteiger partial charge in [0.25, 0.3) is 0 Å². The predicted molar refractivity (Wildman–Crippen MR) is 107 cm³/mol. The molecule has 162 valence electrons. The van der Waals surface area contributed by atoms with Crippen LogP contribution in [0, 0.1) is 6.92 Å². The Labute approximate surface area is 186 Å². The van der Waals surface area contributed by atoms with Crippen molar-refractivity contribution < 1.29 is 39.0 Å². The maximum Gasteiger partial charge on any atom is 0.161 e. The molecule has 5 nitrogen and oxygen atoms in total. The highest BCUT2D eigenvalue weighted by Crippen LogP contribution is 2.29. The molecule has 0 unspecified atom stereocenters. The largest absolute Gasteiger partial charge is 1.00 e. The first kappa shape index (κ1) is 25.5. The Morgan fingerprint density at radius 2 is 1.79 bits per heavy atom. The summed E-state index contributed by atoms with van der Waals surface area (Å²) in [7, 11) is 1.69. The molecule has 1 heterocycles. The summed E-state index contributed by atoms with van der Waals surface area (Å²) in [5.41, 5.74) is 3.59. The molecule has 1 saturated heterocycles. The van der Waals surface area contributed by atoms with Crippen LogP contribution in [-0.2, 0) is 17.9 Å². The standard InChI is InChI=1S/C22H30N2O3.2ClH/c1-18-4-3-5-20(14-18)17-27-21-7-6-19(15-22(21)25-2)16-23-8-9-24-10-12-26-13-11-24;;/h3-7,14-15,23H,8-13,16-17H2,1-2H3;2*1H/p-2. The third-order valence-corrected chi connectivity index (χ3v) is 4.74. The lowest BCUT2D eigenvalue weighted by atomic mass is 10.1. The van der Waals surface area contributed by atoms with Gasteiger partial charge in [-0.2, -0.15) is 0 Å². The predicted octanol–water partition coefficient (Wildman–Crippen LogP) is -2.99. The van der Waals surface area contributed by atoms with Crippen molar-refractivity contribution in [1.29, 1.82) is 0 Å². The second-order valence-corrected chi connectivity index (χ2v) is 6.89. The lowest BCUT2D eigenvalue weighted by Gasteiger charge is -2.26. The Bertz CT molecular complexity index is 725. The molecule has 0 radical (unpaired) electrons. The summed E-state index contributed by atoms with van der Waals surface area (Å²) < 4.78 is 16.9. The van der Waals surface area contributed by atoms with Crippen LogP contribution >= 0.6 is 0 Å². The first-order chi connectivity index (χ1) is 13.2. The third kappa shape index (κ3) is 8.41. The fourth-order valence-corrected chi connectivity index (χ4v) is 3.20. The zero-order valence-electron chi connectivity index (χ0n) is 17.1. The van der Waals surface area contributed by atoms with Gasteiger partial charge in [0.2, 0.25) is 0 Å². The van der Waals surface area contributed by atoms with E-state index in [1.54, 1.807) is 7.11 Å². The molecule has 2 aromatic carbocycles. The minimum atomic E-state index is 0. The fourth-order valence-electron chi connectivity index (χ4n) is 3.20. The summed E-state index contributed by atoms with van der Waals surface area (Å²) in [6, 6.07) is 14.5. The number of benzene rings is 2. The lowest BCUT2D eigenvalue weighted by molar-refractivity contribution is -0.00100. The Kier molecular flexibility index (Phi) is 12.0. The molecule has 1 aliphatic rings. The van der Waals surface area contributed by atoms with Gasteiger partial charge in [-0.05, 0) is 30.2 Å². The highest BCUT2D eigenvalue weighted by atomic mass is 35.5. The van der Waals surface area contributed by atoms with Gasteiger partial charge < -0.3 is 44.3 Å². The first-order valence-corrected chi connectivity index (χ1v) is 9.60. The molecule has 7 heteroatoms. The van der Waals surface area contributed by atoms with Crippen LogP contribution in [0.15, 0.2) is 42.5 Å². The Morgan fingerprint density at radius 1 is 1.00 bits per heavy atom. The van der Waals surface area contributed by atoms with Crippen LogP contribution in [-0.4, -0.2) is 51.4 Å². The van der Waals surface area contributed by atoms with Gasteiger partial charge >= 0.3 is 0 Å². The minimum absolute atomic E-state index is 0. The molecule has 0 spiro atoms. The first-order valence-electron chi connectivity index (χ1n) is 9.60. The van der Waals surface area contributed by atoms with E-state index in [-0.39, 0.29) is 24.8 Å². The average molecular weight is 441 g/mol. The van der Waals surface area contributed by atoms with Gasteiger partial charge in [-0.1, -0.05) is 35.9 Å². The van der Waals surface area contributed by atoms with Crippen LogP contribution in [0.1, 0.15) is 16.7 Å². The van der Waals surface area contributed by atoms with Crippen molar-refractivity contribution in [2.75, 3.05) is 46.5 Å². The van der Waals surface area contributed by atoms with Gasteiger partial charge in [0.05, 0.1) is 20.3 Å². The number of methoxy groups -OCH3 is 1. The number of hydrogen-bond donors (Lipinski definition) is 1. The number of nitrogens with one attached hydrogen (secondary N) is 1. The molecule has 0 aliphatic carbocycles. The average Bonchev–Trinajstić information content (AvgIpc) is 2.71. The monoisotopic (exact) mass is 440 g/mol. The zero-order chi connectivity index (χ0) is 18.9. The van der Waals surface area contributed by atoms with E-state index in [9.17, 15) is 0 Å². The molecule has 29 heavy (non-hydrogen) atoms. The molecule has 1 fully saturated rings. The number of aryl methyl sites for hydroxylation is 1. The highest BCUT2D eigenvalue weighted by molar-refractivity contribution is 5.43. The summed E-state index contributed by atoms with van der Waals surface area (Å²) >= 11 is 0. The fraction of sp³-hybridized carbons (Fsp3) is 0.455. The van der Waals surface area contributed by atoms with Crippen molar-refractivity contribution in [3.8, 4) is 11.5 Å². The summed E-state index contributed by atoms with van der Waals surface area (Å²) in [6.07, 6.45) is 0. The van der Waals surface area contributed by atoms with Gasteiger partial charge in [-0.15, -0.1) is 0 Å². The zero-order valence-corrected chi connectivity index (χ0v) is 18.6. The Morgan fingerprint density at radius 3 is 2.52 bits per heavy atom. The van der Waals surface area contributed by atoms with E-state index in [4.69, 9.17) is 14.2 Å². The van der Waals surface area contributed by atoms with E-state index in [1.807, 2.05) is 12.1 Å². The molecule has 0 bridgehead atoms. The molecule has 0 saturated carbocycles.